The number of benzene rings is 1. The average molecular weight is 342 g/mol. The van der Waals surface area contributed by atoms with E-state index < -0.39 is 0 Å². The van der Waals surface area contributed by atoms with E-state index in [0.29, 0.717) is 6.54 Å². The number of β-amino-alcohol motifs (C(OH)–C–C–N with tert-alkyl or cyclic N) is 1. The predicted molar refractivity (Wildman–Crippen MR) is 101 cm³/mol. The number of rotatable bonds is 8. The van der Waals surface area contributed by atoms with Crippen LogP contribution in [0.25, 0.3) is 0 Å². The third-order valence-electron chi connectivity index (χ3n) is 5.06. The highest BCUT2D eigenvalue weighted by Gasteiger charge is 2.16. The van der Waals surface area contributed by atoms with Gasteiger partial charge in [0.15, 0.2) is 0 Å². The fourth-order valence-electron chi connectivity index (χ4n) is 3.59. The van der Waals surface area contributed by atoms with Gasteiger partial charge < -0.3 is 15.3 Å². The molecule has 0 radical (unpaired) electrons. The summed E-state index contributed by atoms with van der Waals surface area (Å²) in [6.07, 6.45) is 2.22. The van der Waals surface area contributed by atoms with Gasteiger partial charge in [-0.05, 0) is 45.3 Å². The van der Waals surface area contributed by atoms with Gasteiger partial charge in [0.1, 0.15) is 0 Å². The molecule has 1 fully saturated rings. The Balaban J connectivity index is 1.52. The first-order valence-electron chi connectivity index (χ1n) is 9.31. The van der Waals surface area contributed by atoms with Crippen molar-refractivity contribution in [3.8, 4) is 0 Å². The third kappa shape index (κ3) is 4.91. The number of nitrogens with zero attached hydrogens (tertiary/aromatic N) is 3. The summed E-state index contributed by atoms with van der Waals surface area (Å²) < 4.78 is 2.07. The third-order valence-corrected chi connectivity index (χ3v) is 5.06. The minimum Gasteiger partial charge on any atom is -0.390 e. The molecule has 1 atom stereocenters. The summed E-state index contributed by atoms with van der Waals surface area (Å²) in [5.41, 5.74) is 4.76. The molecule has 25 heavy (non-hydrogen) atoms. The van der Waals surface area contributed by atoms with Crippen molar-refractivity contribution in [2.75, 3.05) is 26.2 Å². The molecule has 1 unspecified atom stereocenters. The molecule has 2 N–H and O–H groups in total. The molecule has 136 valence electrons. The van der Waals surface area contributed by atoms with E-state index in [1.807, 2.05) is 6.07 Å². The largest absolute Gasteiger partial charge is 0.390 e. The van der Waals surface area contributed by atoms with Crippen molar-refractivity contribution in [3.05, 3.63) is 52.8 Å². The van der Waals surface area contributed by atoms with E-state index in [4.69, 9.17) is 5.10 Å². The van der Waals surface area contributed by atoms with Crippen LogP contribution < -0.4 is 5.32 Å². The quantitative estimate of drug-likeness (QED) is 0.771. The first-order chi connectivity index (χ1) is 12.1. The molecule has 3 rings (SSSR count). The molecular formula is C20H30N4O. The van der Waals surface area contributed by atoms with Gasteiger partial charge in [-0.25, -0.2) is 0 Å². The molecule has 5 nitrogen and oxygen atoms in total. The minimum absolute atomic E-state index is 0.307. The van der Waals surface area contributed by atoms with Crippen molar-refractivity contribution in [1.82, 2.24) is 20.0 Å². The van der Waals surface area contributed by atoms with Gasteiger partial charge in [-0.1, -0.05) is 30.3 Å². The van der Waals surface area contributed by atoms with Gasteiger partial charge in [0, 0.05) is 30.9 Å². The van der Waals surface area contributed by atoms with Gasteiger partial charge in [-0.15, -0.1) is 0 Å². The molecule has 1 aromatic carbocycles. The number of aryl methyl sites for hydroxylation is 1. The number of hydrogen-bond acceptors (Lipinski definition) is 4. The van der Waals surface area contributed by atoms with Crippen molar-refractivity contribution in [2.45, 2.75) is 45.9 Å². The van der Waals surface area contributed by atoms with Crippen molar-refractivity contribution in [1.29, 1.82) is 0 Å². The Hall–Kier alpha value is -1.69. The average Bonchev–Trinajstić information content (AvgIpc) is 3.19. The summed E-state index contributed by atoms with van der Waals surface area (Å²) in [5.74, 6) is 0. The minimum atomic E-state index is -0.307. The highest BCUT2D eigenvalue weighted by Crippen LogP contribution is 2.15. The Morgan fingerprint density at radius 2 is 1.88 bits per heavy atom. The van der Waals surface area contributed by atoms with Crippen molar-refractivity contribution < 1.29 is 5.11 Å². The lowest BCUT2D eigenvalue weighted by Gasteiger charge is -2.19. The van der Waals surface area contributed by atoms with Gasteiger partial charge in [0.25, 0.3) is 0 Å². The van der Waals surface area contributed by atoms with Crippen LogP contribution in [0.15, 0.2) is 30.3 Å². The zero-order valence-electron chi connectivity index (χ0n) is 15.4. The highest BCUT2D eigenvalue weighted by molar-refractivity contribution is 5.26. The maximum atomic E-state index is 10.2. The van der Waals surface area contributed by atoms with Gasteiger partial charge in [-0.3, -0.25) is 4.68 Å². The van der Waals surface area contributed by atoms with Crippen LogP contribution in [0, 0.1) is 13.8 Å². The molecular weight excluding hydrogens is 312 g/mol. The van der Waals surface area contributed by atoms with Crippen molar-refractivity contribution in [2.24, 2.45) is 0 Å². The van der Waals surface area contributed by atoms with Gasteiger partial charge in [0.2, 0.25) is 0 Å². The number of likely N-dealkylation sites (tertiary alicyclic amines) is 1. The monoisotopic (exact) mass is 342 g/mol. The van der Waals surface area contributed by atoms with Crippen LogP contribution in [0.4, 0.5) is 0 Å². The smallest absolute Gasteiger partial charge is 0.0791 e. The summed E-state index contributed by atoms with van der Waals surface area (Å²) >= 11 is 0. The molecule has 0 saturated carbocycles. The van der Waals surface area contributed by atoms with Gasteiger partial charge in [-0.2, -0.15) is 5.10 Å². The maximum Gasteiger partial charge on any atom is 0.0791 e. The van der Waals surface area contributed by atoms with E-state index in [2.05, 4.69) is 53.0 Å². The fourth-order valence-corrected chi connectivity index (χ4v) is 3.59. The molecule has 1 aliphatic heterocycles. The Kier molecular flexibility index (Phi) is 6.24. The Morgan fingerprint density at radius 3 is 2.60 bits per heavy atom. The molecule has 0 spiro atoms. The molecule has 1 saturated heterocycles. The molecule has 1 aliphatic rings. The normalized spacial score (nSPS) is 16.4. The lowest BCUT2D eigenvalue weighted by Crippen LogP contribution is -2.36. The Morgan fingerprint density at radius 1 is 1.16 bits per heavy atom. The first kappa shape index (κ1) is 18.1. The SMILES string of the molecule is Cc1nn(Cc2ccccc2)c(C)c1CNCC(O)CN1CCCC1. The van der Waals surface area contributed by atoms with E-state index in [1.54, 1.807) is 0 Å². The maximum absolute atomic E-state index is 10.2. The van der Waals surface area contributed by atoms with Gasteiger partial charge in [0.05, 0.1) is 18.3 Å². The zero-order valence-corrected chi connectivity index (χ0v) is 15.4. The second-order valence-electron chi connectivity index (χ2n) is 7.09. The summed E-state index contributed by atoms with van der Waals surface area (Å²) in [4.78, 5) is 2.35. The lowest BCUT2D eigenvalue weighted by molar-refractivity contribution is 0.123. The van der Waals surface area contributed by atoms with Crippen LogP contribution in [0.5, 0.6) is 0 Å². The number of aromatic nitrogens is 2. The standard InChI is InChI=1S/C20H30N4O/c1-16-20(13-21-12-19(25)15-23-10-6-7-11-23)17(2)24(22-16)14-18-8-4-3-5-9-18/h3-5,8-9,19,21,25H,6-7,10-15H2,1-2H3. The zero-order chi connectivity index (χ0) is 17.6. The van der Waals surface area contributed by atoms with Crippen molar-refractivity contribution >= 4 is 0 Å². The molecule has 2 heterocycles. The van der Waals surface area contributed by atoms with Crippen LogP contribution >= 0.6 is 0 Å². The van der Waals surface area contributed by atoms with Crippen LogP contribution in [0.2, 0.25) is 0 Å². The molecule has 0 amide bonds. The van der Waals surface area contributed by atoms with E-state index in [0.717, 1.165) is 38.4 Å². The Labute approximate surface area is 150 Å². The van der Waals surface area contributed by atoms with E-state index in [9.17, 15) is 5.11 Å². The fraction of sp³-hybridized carbons (Fsp3) is 0.550. The summed E-state index contributed by atoms with van der Waals surface area (Å²) in [5, 5.41) is 18.3. The lowest BCUT2D eigenvalue weighted by atomic mass is 10.2. The van der Waals surface area contributed by atoms with Crippen LogP contribution in [0.1, 0.15) is 35.4 Å². The number of aliphatic hydroxyl groups is 1. The van der Waals surface area contributed by atoms with Crippen LogP contribution in [-0.2, 0) is 13.1 Å². The molecule has 5 heteroatoms. The summed E-state index contributed by atoms with van der Waals surface area (Å²) in [6.45, 7) is 9.39. The summed E-state index contributed by atoms with van der Waals surface area (Å²) in [7, 11) is 0. The second-order valence-corrected chi connectivity index (χ2v) is 7.09. The first-order valence-corrected chi connectivity index (χ1v) is 9.31. The number of aliphatic hydroxyl groups excluding tert-OH is 1. The predicted octanol–water partition coefficient (Wildman–Crippen LogP) is 2.09. The topological polar surface area (TPSA) is 53.3 Å². The molecule has 2 aromatic rings. The molecule has 1 aromatic heterocycles. The van der Waals surface area contributed by atoms with E-state index in [1.165, 1.54) is 29.7 Å². The Bertz CT molecular complexity index is 662. The van der Waals surface area contributed by atoms with Gasteiger partial charge >= 0.3 is 0 Å². The van der Waals surface area contributed by atoms with E-state index in [-0.39, 0.29) is 6.10 Å². The second kappa shape index (κ2) is 8.61. The highest BCUT2D eigenvalue weighted by atomic mass is 16.3. The number of nitrogens with one attached hydrogen (secondary N) is 1. The molecule has 0 bridgehead atoms. The molecule has 0 aliphatic carbocycles. The number of hydrogen-bond donors (Lipinski definition) is 2. The van der Waals surface area contributed by atoms with Crippen LogP contribution in [-0.4, -0.2) is 52.1 Å². The van der Waals surface area contributed by atoms with Crippen molar-refractivity contribution in [3.63, 3.8) is 0 Å². The summed E-state index contributed by atoms with van der Waals surface area (Å²) in [6, 6.07) is 10.4. The van der Waals surface area contributed by atoms with Crippen LogP contribution in [0.3, 0.4) is 0 Å². The van der Waals surface area contributed by atoms with E-state index >= 15 is 0 Å².